The van der Waals surface area contributed by atoms with Crippen molar-refractivity contribution in [1.82, 2.24) is 4.57 Å². The summed E-state index contributed by atoms with van der Waals surface area (Å²) in [5.41, 5.74) is 10.6. The first kappa shape index (κ1) is 12.9. The molecular weight excluding hydrogens is 264 g/mol. The van der Waals surface area contributed by atoms with Gasteiger partial charge in [0.2, 0.25) is 0 Å². The molecule has 2 heterocycles. The number of anilines is 1. The minimum atomic E-state index is -0.354. The second-order valence-corrected chi connectivity index (χ2v) is 5.97. The minimum absolute atomic E-state index is 0.354. The van der Waals surface area contributed by atoms with E-state index in [1.165, 1.54) is 22.0 Å². The Bertz CT molecular complexity index is 724. The molecule has 1 aliphatic heterocycles. The zero-order valence-electron chi connectivity index (χ0n) is 12.3. The first-order valence-corrected chi connectivity index (χ1v) is 7.49. The molecule has 0 amide bonds. The number of nitrogen functional groups attached to an aromatic ring is 1. The van der Waals surface area contributed by atoms with Crippen LogP contribution in [0.5, 0.6) is 0 Å². The Hall–Kier alpha value is -1.78. The zero-order valence-corrected chi connectivity index (χ0v) is 12.3. The van der Waals surface area contributed by atoms with E-state index in [0.29, 0.717) is 13.2 Å². The van der Waals surface area contributed by atoms with Gasteiger partial charge in [0, 0.05) is 48.2 Å². The van der Waals surface area contributed by atoms with E-state index in [4.69, 9.17) is 15.2 Å². The molecule has 2 N–H and O–H groups in total. The number of aromatic nitrogens is 1. The second kappa shape index (κ2) is 4.61. The Kier molecular flexibility index (Phi) is 2.84. The van der Waals surface area contributed by atoms with Gasteiger partial charge < -0.3 is 19.8 Å². The predicted molar refractivity (Wildman–Crippen MR) is 83.8 cm³/mol. The van der Waals surface area contributed by atoms with E-state index in [0.717, 1.165) is 24.9 Å². The number of benzene rings is 1. The molecule has 110 valence electrons. The molecule has 0 bridgehead atoms. The van der Waals surface area contributed by atoms with Gasteiger partial charge in [-0.3, -0.25) is 0 Å². The van der Waals surface area contributed by atoms with Crippen LogP contribution in [0.25, 0.3) is 16.5 Å². The van der Waals surface area contributed by atoms with E-state index in [9.17, 15) is 0 Å². The molecule has 2 aliphatic rings. The van der Waals surface area contributed by atoms with Gasteiger partial charge in [-0.2, -0.15) is 0 Å². The summed E-state index contributed by atoms with van der Waals surface area (Å²) in [7, 11) is 2.08. The average molecular weight is 284 g/mol. The van der Waals surface area contributed by atoms with Crippen molar-refractivity contribution < 1.29 is 9.47 Å². The van der Waals surface area contributed by atoms with E-state index in [1.54, 1.807) is 0 Å². The smallest absolute Gasteiger partial charge is 0.172 e. The SMILES string of the molecule is Cn1cc(C2=CCC3(CC2)OCCO3)c2cc(N)ccc21. The van der Waals surface area contributed by atoms with Gasteiger partial charge in [-0.05, 0) is 30.2 Å². The number of hydrogen-bond donors (Lipinski definition) is 1. The van der Waals surface area contributed by atoms with Crippen LogP contribution in [0.15, 0.2) is 30.5 Å². The molecule has 1 aromatic heterocycles. The maximum atomic E-state index is 5.96. The summed E-state index contributed by atoms with van der Waals surface area (Å²) in [4.78, 5) is 0. The maximum Gasteiger partial charge on any atom is 0.172 e. The summed E-state index contributed by atoms with van der Waals surface area (Å²) in [5.74, 6) is -0.354. The molecule has 21 heavy (non-hydrogen) atoms. The van der Waals surface area contributed by atoms with Gasteiger partial charge in [0.05, 0.1) is 13.2 Å². The van der Waals surface area contributed by atoms with E-state index >= 15 is 0 Å². The minimum Gasteiger partial charge on any atom is -0.399 e. The van der Waals surface area contributed by atoms with E-state index in [-0.39, 0.29) is 5.79 Å². The highest BCUT2D eigenvalue weighted by molar-refractivity contribution is 5.95. The highest BCUT2D eigenvalue weighted by Crippen LogP contribution is 2.40. The van der Waals surface area contributed by atoms with Crippen LogP contribution in [0, 0.1) is 0 Å². The van der Waals surface area contributed by atoms with Gasteiger partial charge in [0.15, 0.2) is 5.79 Å². The van der Waals surface area contributed by atoms with Crippen LogP contribution >= 0.6 is 0 Å². The van der Waals surface area contributed by atoms with Gasteiger partial charge in [0.1, 0.15) is 0 Å². The third kappa shape index (κ3) is 2.06. The van der Waals surface area contributed by atoms with Crippen molar-refractivity contribution in [2.45, 2.75) is 25.0 Å². The standard InChI is InChI=1S/C17H20N2O2/c1-19-11-15(14-10-13(18)2-3-16(14)19)12-4-6-17(7-5-12)20-8-9-21-17/h2-4,10-11H,5-9,18H2,1H3. The lowest BCUT2D eigenvalue weighted by Crippen LogP contribution is -2.31. The topological polar surface area (TPSA) is 49.4 Å². The molecule has 4 nitrogen and oxygen atoms in total. The van der Waals surface area contributed by atoms with Gasteiger partial charge in [-0.25, -0.2) is 0 Å². The molecule has 4 heteroatoms. The van der Waals surface area contributed by atoms with Gasteiger partial charge in [-0.15, -0.1) is 0 Å². The molecule has 1 saturated heterocycles. The number of rotatable bonds is 1. The molecule has 1 aromatic carbocycles. The monoisotopic (exact) mass is 284 g/mol. The van der Waals surface area contributed by atoms with Gasteiger partial charge in [-0.1, -0.05) is 6.08 Å². The third-order valence-electron chi connectivity index (χ3n) is 4.61. The van der Waals surface area contributed by atoms with Gasteiger partial charge in [0.25, 0.3) is 0 Å². The van der Waals surface area contributed by atoms with Crippen LogP contribution in [0.1, 0.15) is 24.8 Å². The number of hydrogen-bond acceptors (Lipinski definition) is 3. The van der Waals surface area contributed by atoms with E-state index < -0.39 is 0 Å². The van der Waals surface area contributed by atoms with Crippen LogP contribution in [0.3, 0.4) is 0 Å². The first-order chi connectivity index (χ1) is 10.2. The average Bonchev–Trinajstić information content (AvgIpc) is 3.06. The summed E-state index contributed by atoms with van der Waals surface area (Å²) in [6.45, 7) is 1.43. The van der Waals surface area contributed by atoms with Crippen molar-refractivity contribution in [1.29, 1.82) is 0 Å². The molecule has 0 saturated carbocycles. The van der Waals surface area contributed by atoms with Gasteiger partial charge >= 0.3 is 0 Å². The van der Waals surface area contributed by atoms with Crippen molar-refractivity contribution in [3.8, 4) is 0 Å². The zero-order chi connectivity index (χ0) is 14.4. The number of allylic oxidation sites excluding steroid dienone is 1. The van der Waals surface area contributed by atoms with Crippen molar-refractivity contribution in [3.63, 3.8) is 0 Å². The van der Waals surface area contributed by atoms with E-state index in [2.05, 4.69) is 36.0 Å². The highest BCUT2D eigenvalue weighted by Gasteiger charge is 2.37. The molecule has 2 aromatic rings. The summed E-state index contributed by atoms with van der Waals surface area (Å²) < 4.78 is 13.7. The first-order valence-electron chi connectivity index (χ1n) is 7.49. The fourth-order valence-corrected chi connectivity index (χ4v) is 3.48. The quantitative estimate of drug-likeness (QED) is 0.819. The number of fused-ring (bicyclic) bond motifs is 1. The molecule has 0 radical (unpaired) electrons. The maximum absolute atomic E-state index is 5.96. The second-order valence-electron chi connectivity index (χ2n) is 5.97. The lowest BCUT2D eigenvalue weighted by atomic mass is 9.89. The summed E-state index contributed by atoms with van der Waals surface area (Å²) in [5, 5.41) is 1.23. The lowest BCUT2D eigenvalue weighted by molar-refractivity contribution is -0.159. The van der Waals surface area contributed by atoms with Crippen LogP contribution in [-0.2, 0) is 16.5 Å². The molecule has 0 atom stereocenters. The molecule has 1 fully saturated rings. The van der Waals surface area contributed by atoms with Crippen molar-refractivity contribution in [2.24, 2.45) is 7.05 Å². The number of nitrogens with zero attached hydrogens (tertiary/aromatic N) is 1. The van der Waals surface area contributed by atoms with Crippen LogP contribution in [0.4, 0.5) is 5.69 Å². The Labute approximate surface area is 124 Å². The third-order valence-corrected chi connectivity index (χ3v) is 4.61. The van der Waals surface area contributed by atoms with Crippen LogP contribution in [-0.4, -0.2) is 23.6 Å². The highest BCUT2D eigenvalue weighted by atomic mass is 16.7. The molecule has 4 rings (SSSR count). The number of aryl methyl sites for hydroxylation is 1. The van der Waals surface area contributed by atoms with Crippen molar-refractivity contribution in [2.75, 3.05) is 18.9 Å². The molecule has 0 unspecified atom stereocenters. The van der Waals surface area contributed by atoms with Crippen molar-refractivity contribution >= 4 is 22.2 Å². The van der Waals surface area contributed by atoms with Crippen molar-refractivity contribution in [3.05, 3.63) is 36.0 Å². The fourth-order valence-electron chi connectivity index (χ4n) is 3.48. The predicted octanol–water partition coefficient (Wildman–Crippen LogP) is 3.07. The number of ether oxygens (including phenoxy) is 2. The van der Waals surface area contributed by atoms with E-state index in [1.807, 2.05) is 6.07 Å². The van der Waals surface area contributed by atoms with Crippen LogP contribution < -0.4 is 5.73 Å². The summed E-state index contributed by atoms with van der Waals surface area (Å²) >= 11 is 0. The summed E-state index contributed by atoms with van der Waals surface area (Å²) in [6, 6.07) is 6.11. The molecular formula is C17H20N2O2. The Balaban J connectivity index is 1.74. The summed E-state index contributed by atoms with van der Waals surface area (Å²) in [6.07, 6.45) is 7.21. The Morgan fingerprint density at radius 1 is 1.24 bits per heavy atom. The van der Waals surface area contributed by atoms with Crippen LogP contribution in [0.2, 0.25) is 0 Å². The Morgan fingerprint density at radius 3 is 2.76 bits per heavy atom. The lowest BCUT2D eigenvalue weighted by Gasteiger charge is -2.30. The normalized spacial score (nSPS) is 21.1. The molecule has 1 aliphatic carbocycles. The largest absolute Gasteiger partial charge is 0.399 e. The molecule has 1 spiro atoms. The fraction of sp³-hybridized carbons (Fsp3) is 0.412. The number of nitrogens with two attached hydrogens (primary N) is 1. The Morgan fingerprint density at radius 2 is 2.05 bits per heavy atom.